The van der Waals surface area contributed by atoms with Crippen molar-refractivity contribution < 1.29 is 41.0 Å². The van der Waals surface area contributed by atoms with Crippen LogP contribution < -0.4 is 10.6 Å². The summed E-state index contributed by atoms with van der Waals surface area (Å²) < 4.78 is 79.6. The Labute approximate surface area is 212 Å². The minimum atomic E-state index is -6.04. The maximum Gasteiger partial charge on any atom is 0.430 e. The Hall–Kier alpha value is -3.57. The molecule has 0 spiro atoms. The van der Waals surface area contributed by atoms with Crippen LogP contribution in [-0.4, -0.2) is 29.3 Å². The second-order valence-corrected chi connectivity index (χ2v) is 8.62. The van der Waals surface area contributed by atoms with Gasteiger partial charge in [-0.2, -0.15) is 26.3 Å². The van der Waals surface area contributed by atoms with Gasteiger partial charge < -0.3 is 15.7 Å². The molecule has 0 bridgehead atoms. The van der Waals surface area contributed by atoms with Gasteiger partial charge >= 0.3 is 12.4 Å². The zero-order valence-electron chi connectivity index (χ0n) is 19.2. The van der Waals surface area contributed by atoms with Crippen LogP contribution in [0.2, 0.25) is 5.02 Å². The number of amides is 2. The molecule has 0 aliphatic carbocycles. The van der Waals surface area contributed by atoms with E-state index in [1.54, 1.807) is 0 Å². The normalized spacial score (nSPS) is 12.3. The topological polar surface area (TPSA) is 78.4 Å². The van der Waals surface area contributed by atoms with Crippen molar-refractivity contribution in [1.29, 1.82) is 0 Å². The van der Waals surface area contributed by atoms with E-state index in [-0.39, 0.29) is 28.1 Å². The summed E-state index contributed by atoms with van der Waals surface area (Å²) in [4.78, 5) is 25.2. The van der Waals surface area contributed by atoms with E-state index in [2.05, 4.69) is 10.6 Å². The minimum absolute atomic E-state index is 0.0314. The van der Waals surface area contributed by atoms with Gasteiger partial charge in [-0.05, 0) is 67.4 Å². The summed E-state index contributed by atoms with van der Waals surface area (Å²) in [5.41, 5.74) is -6.19. The first kappa shape index (κ1) is 28.0. The van der Waals surface area contributed by atoms with Gasteiger partial charge in [0.1, 0.15) is 0 Å². The number of aryl methyl sites for hydroxylation is 2. The molecule has 0 unspecified atom stereocenters. The number of hydrogen-bond donors (Lipinski definition) is 3. The molecule has 5 nitrogen and oxygen atoms in total. The van der Waals surface area contributed by atoms with Gasteiger partial charge in [0.05, 0.1) is 0 Å². The SMILES string of the molecule is Cc1cc(C(O)(C(F)(F)F)C(F)(F)F)cc(C)c1NC(=O)c1cccc(NC(=O)c2ccc(Cl)cc2)c1. The fourth-order valence-corrected chi connectivity index (χ4v) is 3.71. The van der Waals surface area contributed by atoms with E-state index >= 15 is 0 Å². The fraction of sp³-hybridized carbons (Fsp3) is 0.200. The van der Waals surface area contributed by atoms with E-state index in [9.17, 15) is 41.0 Å². The second kappa shape index (κ2) is 10.1. The van der Waals surface area contributed by atoms with Gasteiger partial charge in [0, 0.05) is 33.1 Å². The van der Waals surface area contributed by atoms with Crippen LogP contribution in [-0.2, 0) is 5.60 Å². The first-order valence-electron chi connectivity index (χ1n) is 10.5. The third-order valence-corrected chi connectivity index (χ3v) is 5.75. The first-order chi connectivity index (χ1) is 17.0. The molecule has 0 saturated heterocycles. The maximum absolute atomic E-state index is 13.3. The van der Waals surface area contributed by atoms with Gasteiger partial charge in [0.2, 0.25) is 0 Å². The van der Waals surface area contributed by atoms with Crippen LogP contribution in [0.15, 0.2) is 60.7 Å². The molecule has 0 fully saturated rings. The Morgan fingerprint density at radius 2 is 1.27 bits per heavy atom. The molecule has 0 aliphatic rings. The lowest BCUT2D eigenvalue weighted by molar-refractivity contribution is -0.376. The monoisotopic (exact) mass is 544 g/mol. The molecule has 0 aromatic heterocycles. The highest BCUT2D eigenvalue weighted by atomic mass is 35.5. The predicted octanol–water partition coefficient (Wildman–Crippen LogP) is 6.77. The number of alkyl halides is 6. The number of halogens is 7. The van der Waals surface area contributed by atoms with Gasteiger partial charge in [-0.1, -0.05) is 29.8 Å². The molecule has 37 heavy (non-hydrogen) atoms. The van der Waals surface area contributed by atoms with E-state index in [1.807, 2.05) is 0 Å². The maximum atomic E-state index is 13.3. The summed E-state index contributed by atoms with van der Waals surface area (Å²) in [6, 6.07) is 12.8. The smallest absolute Gasteiger partial charge is 0.369 e. The van der Waals surface area contributed by atoms with E-state index in [1.165, 1.54) is 62.4 Å². The largest absolute Gasteiger partial charge is 0.430 e. The molecule has 0 saturated carbocycles. The summed E-state index contributed by atoms with van der Waals surface area (Å²) in [5.74, 6) is -1.21. The molecule has 3 aromatic rings. The highest BCUT2D eigenvalue weighted by Crippen LogP contribution is 2.50. The molecule has 3 N–H and O–H groups in total. The van der Waals surface area contributed by atoms with Crippen molar-refractivity contribution in [2.45, 2.75) is 31.8 Å². The van der Waals surface area contributed by atoms with Crippen molar-refractivity contribution in [3.05, 3.63) is 93.5 Å². The van der Waals surface area contributed by atoms with E-state index in [0.29, 0.717) is 22.7 Å². The fourth-order valence-electron chi connectivity index (χ4n) is 3.59. The zero-order valence-corrected chi connectivity index (χ0v) is 19.9. The second-order valence-electron chi connectivity index (χ2n) is 8.19. The summed E-state index contributed by atoms with van der Waals surface area (Å²) in [6.07, 6.45) is -12.1. The molecule has 3 rings (SSSR count). The van der Waals surface area contributed by atoms with Crippen molar-refractivity contribution in [1.82, 2.24) is 0 Å². The highest BCUT2D eigenvalue weighted by Gasteiger charge is 2.71. The number of aliphatic hydroxyl groups is 1. The molecular formula is C25H19ClF6N2O3. The van der Waals surface area contributed by atoms with Crippen molar-refractivity contribution in [3.63, 3.8) is 0 Å². The van der Waals surface area contributed by atoms with E-state index < -0.39 is 35.3 Å². The lowest BCUT2D eigenvalue weighted by atomic mass is 9.89. The molecule has 0 heterocycles. The van der Waals surface area contributed by atoms with Crippen molar-refractivity contribution >= 4 is 34.8 Å². The molecule has 0 radical (unpaired) electrons. The van der Waals surface area contributed by atoms with Gasteiger partial charge in [0.15, 0.2) is 0 Å². The molecule has 12 heteroatoms. The van der Waals surface area contributed by atoms with E-state index in [0.717, 1.165) is 0 Å². The Morgan fingerprint density at radius 1 is 0.757 bits per heavy atom. The van der Waals surface area contributed by atoms with Gasteiger partial charge in [-0.25, -0.2) is 0 Å². The third kappa shape index (κ3) is 5.72. The molecule has 196 valence electrons. The number of nitrogens with one attached hydrogen (secondary N) is 2. The van der Waals surface area contributed by atoms with Crippen LogP contribution in [0, 0.1) is 13.8 Å². The summed E-state index contributed by atoms with van der Waals surface area (Å²) in [7, 11) is 0. The Morgan fingerprint density at radius 3 is 1.78 bits per heavy atom. The minimum Gasteiger partial charge on any atom is -0.369 e. The van der Waals surface area contributed by atoms with Crippen LogP contribution in [0.5, 0.6) is 0 Å². The summed E-state index contributed by atoms with van der Waals surface area (Å²) in [6.45, 7) is 2.39. The number of benzene rings is 3. The number of hydrogen-bond acceptors (Lipinski definition) is 3. The van der Waals surface area contributed by atoms with Crippen LogP contribution in [0.3, 0.4) is 0 Å². The van der Waals surface area contributed by atoms with Gasteiger partial charge in [-0.3, -0.25) is 9.59 Å². The molecule has 0 aliphatic heterocycles. The van der Waals surface area contributed by atoms with Crippen LogP contribution in [0.1, 0.15) is 37.4 Å². The van der Waals surface area contributed by atoms with Crippen LogP contribution in [0.4, 0.5) is 37.7 Å². The summed E-state index contributed by atoms with van der Waals surface area (Å²) >= 11 is 5.80. The van der Waals surface area contributed by atoms with E-state index in [4.69, 9.17) is 11.6 Å². The van der Waals surface area contributed by atoms with Crippen molar-refractivity contribution in [2.75, 3.05) is 10.6 Å². The van der Waals surface area contributed by atoms with Gasteiger partial charge in [0.25, 0.3) is 17.4 Å². The zero-order chi connectivity index (χ0) is 27.8. The first-order valence-corrected chi connectivity index (χ1v) is 10.9. The van der Waals surface area contributed by atoms with Crippen molar-refractivity contribution in [3.8, 4) is 0 Å². The third-order valence-electron chi connectivity index (χ3n) is 5.50. The number of rotatable bonds is 5. The number of carbonyl (C=O) groups is 2. The Balaban J connectivity index is 1.86. The lowest BCUT2D eigenvalue weighted by Gasteiger charge is -2.33. The standard InChI is InChI=1S/C25H19ClF6N2O3/c1-13-10-17(23(37,24(27,28)29)25(30,31)32)11-14(2)20(13)34-22(36)16-4-3-5-19(12-16)33-21(35)15-6-8-18(26)9-7-15/h3-12,37H,1-2H3,(H,33,35)(H,34,36). The van der Waals surface area contributed by atoms with Gasteiger partial charge in [-0.15, -0.1) is 0 Å². The average molecular weight is 545 g/mol. The Kier molecular flexibility index (Phi) is 7.62. The molecule has 2 amide bonds. The lowest BCUT2D eigenvalue weighted by Crippen LogP contribution is -2.54. The van der Waals surface area contributed by atoms with Crippen LogP contribution >= 0.6 is 11.6 Å². The molecule has 3 aromatic carbocycles. The average Bonchev–Trinajstić information content (AvgIpc) is 2.79. The molecule has 0 atom stereocenters. The molecular weight excluding hydrogens is 526 g/mol. The predicted molar refractivity (Wildman–Crippen MR) is 126 cm³/mol. The Bertz CT molecular complexity index is 1300. The number of carbonyl (C=O) groups excluding carboxylic acids is 2. The van der Waals surface area contributed by atoms with Crippen molar-refractivity contribution in [2.24, 2.45) is 0 Å². The summed E-state index contributed by atoms with van der Waals surface area (Å²) in [5, 5.41) is 15.2. The van der Waals surface area contributed by atoms with Crippen LogP contribution in [0.25, 0.3) is 0 Å². The highest BCUT2D eigenvalue weighted by molar-refractivity contribution is 6.30. The number of anilines is 2. The quantitative estimate of drug-likeness (QED) is 0.310.